The highest BCUT2D eigenvalue weighted by Gasteiger charge is 2.09. The number of rotatable bonds is 5. The van der Waals surface area contributed by atoms with Crippen molar-refractivity contribution in [2.24, 2.45) is 0 Å². The second kappa shape index (κ2) is 6.72. The third-order valence-electron chi connectivity index (χ3n) is 3.30. The molecule has 1 aromatic heterocycles. The molecule has 0 aliphatic rings. The van der Waals surface area contributed by atoms with Crippen LogP contribution >= 0.6 is 0 Å². The molecule has 1 atom stereocenters. The molecule has 0 saturated heterocycles. The second-order valence-corrected chi connectivity index (χ2v) is 4.87. The minimum absolute atomic E-state index is 0.118. The van der Waals surface area contributed by atoms with Gasteiger partial charge in [-0.05, 0) is 36.6 Å². The SMILES string of the molecule is CCCc1ccc([C@@H](C)Nc2ncccc2C#N)cc1. The van der Waals surface area contributed by atoms with Crippen LogP contribution in [0, 0.1) is 11.3 Å². The van der Waals surface area contributed by atoms with Crippen molar-refractivity contribution in [2.75, 3.05) is 5.32 Å². The van der Waals surface area contributed by atoms with Gasteiger partial charge in [0, 0.05) is 12.2 Å². The van der Waals surface area contributed by atoms with Gasteiger partial charge in [0.25, 0.3) is 0 Å². The second-order valence-electron chi connectivity index (χ2n) is 4.87. The smallest absolute Gasteiger partial charge is 0.144 e. The van der Waals surface area contributed by atoms with Gasteiger partial charge in [0.1, 0.15) is 11.9 Å². The number of anilines is 1. The summed E-state index contributed by atoms with van der Waals surface area (Å²) in [6, 6.07) is 14.4. The van der Waals surface area contributed by atoms with Gasteiger partial charge in [0.15, 0.2) is 0 Å². The molecule has 0 saturated carbocycles. The summed E-state index contributed by atoms with van der Waals surface area (Å²) in [4.78, 5) is 4.23. The first-order chi connectivity index (χ1) is 9.74. The van der Waals surface area contributed by atoms with Gasteiger partial charge in [-0.1, -0.05) is 37.6 Å². The Morgan fingerprint density at radius 1 is 1.25 bits per heavy atom. The van der Waals surface area contributed by atoms with Crippen molar-refractivity contribution in [3.8, 4) is 6.07 Å². The van der Waals surface area contributed by atoms with E-state index in [4.69, 9.17) is 5.26 Å². The zero-order chi connectivity index (χ0) is 14.4. The van der Waals surface area contributed by atoms with Gasteiger partial charge in [0.05, 0.1) is 5.56 Å². The average Bonchev–Trinajstić information content (AvgIpc) is 2.49. The van der Waals surface area contributed by atoms with Crippen LogP contribution in [0.15, 0.2) is 42.6 Å². The summed E-state index contributed by atoms with van der Waals surface area (Å²) in [6.45, 7) is 4.26. The summed E-state index contributed by atoms with van der Waals surface area (Å²) in [5, 5.41) is 12.4. The fourth-order valence-corrected chi connectivity index (χ4v) is 2.16. The van der Waals surface area contributed by atoms with Crippen molar-refractivity contribution in [3.05, 3.63) is 59.3 Å². The maximum atomic E-state index is 9.07. The molecule has 0 aliphatic carbocycles. The Kier molecular flexibility index (Phi) is 4.73. The third kappa shape index (κ3) is 3.36. The van der Waals surface area contributed by atoms with Gasteiger partial charge in [-0.2, -0.15) is 5.26 Å². The number of aromatic nitrogens is 1. The summed E-state index contributed by atoms with van der Waals surface area (Å²) in [5.41, 5.74) is 3.13. The lowest BCUT2D eigenvalue weighted by Crippen LogP contribution is -2.09. The van der Waals surface area contributed by atoms with E-state index in [2.05, 4.69) is 54.5 Å². The number of hydrogen-bond acceptors (Lipinski definition) is 3. The summed E-state index contributed by atoms with van der Waals surface area (Å²) in [7, 11) is 0. The largest absolute Gasteiger partial charge is 0.362 e. The van der Waals surface area contributed by atoms with Gasteiger partial charge in [-0.3, -0.25) is 0 Å². The monoisotopic (exact) mass is 265 g/mol. The maximum absolute atomic E-state index is 9.07. The van der Waals surface area contributed by atoms with E-state index in [1.165, 1.54) is 11.1 Å². The van der Waals surface area contributed by atoms with Crippen molar-refractivity contribution >= 4 is 5.82 Å². The van der Waals surface area contributed by atoms with Crippen LogP contribution in [0.3, 0.4) is 0 Å². The van der Waals surface area contributed by atoms with Crippen molar-refractivity contribution in [3.63, 3.8) is 0 Å². The van der Waals surface area contributed by atoms with E-state index < -0.39 is 0 Å². The van der Waals surface area contributed by atoms with Crippen LogP contribution in [0.25, 0.3) is 0 Å². The predicted molar refractivity (Wildman–Crippen MR) is 81.4 cm³/mol. The molecule has 20 heavy (non-hydrogen) atoms. The van der Waals surface area contributed by atoms with Crippen LogP contribution in [-0.4, -0.2) is 4.98 Å². The molecule has 0 bridgehead atoms. The normalized spacial score (nSPS) is 11.7. The summed E-state index contributed by atoms with van der Waals surface area (Å²) < 4.78 is 0. The van der Waals surface area contributed by atoms with Gasteiger partial charge in [-0.25, -0.2) is 4.98 Å². The molecule has 0 amide bonds. The van der Waals surface area contributed by atoms with Gasteiger partial charge < -0.3 is 5.32 Å². The topological polar surface area (TPSA) is 48.7 Å². The highest BCUT2D eigenvalue weighted by atomic mass is 15.0. The van der Waals surface area contributed by atoms with Crippen LogP contribution in [0.5, 0.6) is 0 Å². The summed E-state index contributed by atoms with van der Waals surface area (Å²) in [6.07, 6.45) is 3.97. The highest BCUT2D eigenvalue weighted by Crippen LogP contribution is 2.20. The Morgan fingerprint density at radius 3 is 2.65 bits per heavy atom. The molecule has 1 N–H and O–H groups in total. The fraction of sp³-hybridized carbons (Fsp3) is 0.294. The molecule has 0 spiro atoms. The lowest BCUT2D eigenvalue weighted by molar-refractivity contribution is 0.867. The molecule has 2 aromatic rings. The number of nitriles is 1. The van der Waals surface area contributed by atoms with Crippen LogP contribution in [0.2, 0.25) is 0 Å². The minimum atomic E-state index is 0.118. The predicted octanol–water partition coefficient (Wildman–Crippen LogP) is 4.08. The number of aryl methyl sites for hydroxylation is 1. The van der Waals surface area contributed by atoms with Gasteiger partial charge in [-0.15, -0.1) is 0 Å². The maximum Gasteiger partial charge on any atom is 0.144 e. The molecule has 0 radical (unpaired) electrons. The average molecular weight is 265 g/mol. The zero-order valence-corrected chi connectivity index (χ0v) is 11.9. The highest BCUT2D eigenvalue weighted by molar-refractivity contribution is 5.52. The van der Waals surface area contributed by atoms with E-state index in [0.717, 1.165) is 12.8 Å². The number of nitrogens with one attached hydrogen (secondary N) is 1. The van der Waals surface area contributed by atoms with Crippen LogP contribution in [-0.2, 0) is 6.42 Å². The molecule has 0 aliphatic heterocycles. The number of benzene rings is 1. The van der Waals surface area contributed by atoms with Gasteiger partial charge in [0.2, 0.25) is 0 Å². The molecule has 3 nitrogen and oxygen atoms in total. The van der Waals surface area contributed by atoms with E-state index in [0.29, 0.717) is 11.4 Å². The van der Waals surface area contributed by atoms with Crippen LogP contribution < -0.4 is 5.32 Å². The first kappa shape index (κ1) is 14.1. The van der Waals surface area contributed by atoms with Crippen molar-refractivity contribution in [2.45, 2.75) is 32.7 Å². The van der Waals surface area contributed by atoms with Crippen molar-refractivity contribution < 1.29 is 0 Å². The van der Waals surface area contributed by atoms with E-state index in [-0.39, 0.29) is 6.04 Å². The molecule has 102 valence electrons. The lowest BCUT2D eigenvalue weighted by Gasteiger charge is -2.16. The molecular weight excluding hydrogens is 246 g/mol. The lowest BCUT2D eigenvalue weighted by atomic mass is 10.0. The summed E-state index contributed by atoms with van der Waals surface area (Å²) >= 11 is 0. The number of nitrogens with zero attached hydrogens (tertiary/aromatic N) is 2. The first-order valence-electron chi connectivity index (χ1n) is 6.95. The van der Waals surface area contributed by atoms with E-state index in [9.17, 15) is 0 Å². The molecule has 1 aromatic carbocycles. The Hall–Kier alpha value is -2.34. The van der Waals surface area contributed by atoms with Crippen molar-refractivity contribution in [1.29, 1.82) is 5.26 Å². The quantitative estimate of drug-likeness (QED) is 0.886. The van der Waals surface area contributed by atoms with E-state index >= 15 is 0 Å². The Morgan fingerprint density at radius 2 is 2.00 bits per heavy atom. The standard InChI is InChI=1S/C17H19N3/c1-3-5-14-7-9-15(10-8-14)13(2)20-17-16(12-18)6-4-11-19-17/h4,6-11,13H,3,5H2,1-2H3,(H,19,20)/t13-/m1/s1. The Bertz CT molecular complexity index is 596. The first-order valence-corrected chi connectivity index (χ1v) is 6.95. The summed E-state index contributed by atoms with van der Waals surface area (Å²) in [5.74, 6) is 0.639. The third-order valence-corrected chi connectivity index (χ3v) is 3.30. The van der Waals surface area contributed by atoms with Gasteiger partial charge >= 0.3 is 0 Å². The van der Waals surface area contributed by atoms with Crippen molar-refractivity contribution in [1.82, 2.24) is 4.98 Å². The Balaban J connectivity index is 2.11. The van der Waals surface area contributed by atoms with Crippen LogP contribution in [0.4, 0.5) is 5.82 Å². The number of hydrogen-bond donors (Lipinski definition) is 1. The molecule has 2 rings (SSSR count). The van der Waals surface area contributed by atoms with E-state index in [1.54, 1.807) is 18.3 Å². The molecule has 3 heteroatoms. The molecule has 1 heterocycles. The molecule has 0 unspecified atom stereocenters. The Labute approximate surface area is 120 Å². The zero-order valence-electron chi connectivity index (χ0n) is 11.9. The van der Waals surface area contributed by atoms with Crippen LogP contribution in [0.1, 0.15) is 43.0 Å². The fourth-order valence-electron chi connectivity index (χ4n) is 2.16. The number of pyridine rings is 1. The molecule has 0 fully saturated rings. The van der Waals surface area contributed by atoms with E-state index in [1.807, 2.05) is 0 Å². The molecular formula is C17H19N3. The minimum Gasteiger partial charge on any atom is -0.362 e.